The molecule has 0 saturated carbocycles. The summed E-state index contributed by atoms with van der Waals surface area (Å²) in [5, 5.41) is 0. The Kier molecular flexibility index (Phi) is 6.12. The minimum Gasteiger partial charge on any atom is -0.497 e. The van der Waals surface area contributed by atoms with E-state index in [2.05, 4.69) is 0 Å². The molecule has 0 radical (unpaired) electrons. The molecule has 140 valence electrons. The van der Waals surface area contributed by atoms with E-state index in [0.717, 1.165) is 0 Å². The minimum atomic E-state index is -1.03. The Morgan fingerprint density at radius 3 is 1.89 bits per heavy atom. The zero-order chi connectivity index (χ0) is 19.9. The van der Waals surface area contributed by atoms with Crippen molar-refractivity contribution in [3.63, 3.8) is 0 Å². The van der Waals surface area contributed by atoms with Crippen LogP contribution in [0.4, 0.5) is 0 Å². The van der Waals surface area contributed by atoms with Gasteiger partial charge in [-0.15, -0.1) is 0 Å². The number of benzene rings is 3. The van der Waals surface area contributed by atoms with E-state index in [0.29, 0.717) is 22.4 Å². The first-order valence-electron chi connectivity index (χ1n) is 8.94. The molecule has 0 fully saturated rings. The zero-order valence-electron chi connectivity index (χ0n) is 15.5. The van der Waals surface area contributed by atoms with E-state index >= 15 is 0 Å². The molecule has 3 aromatic rings. The molecule has 3 rings (SSSR count). The van der Waals surface area contributed by atoms with Crippen LogP contribution in [-0.4, -0.2) is 24.5 Å². The summed E-state index contributed by atoms with van der Waals surface area (Å²) >= 11 is 0. The maximum Gasteiger partial charge on any atom is 0.177 e. The van der Waals surface area contributed by atoms with Gasteiger partial charge in [0.2, 0.25) is 0 Å². The van der Waals surface area contributed by atoms with Gasteiger partial charge in [-0.05, 0) is 29.8 Å². The highest BCUT2D eigenvalue weighted by Crippen LogP contribution is 2.25. The number of carbonyl (C=O) groups excluding carboxylic acids is 3. The van der Waals surface area contributed by atoms with Crippen LogP contribution in [0.2, 0.25) is 0 Å². The third-order valence-electron chi connectivity index (χ3n) is 4.52. The van der Waals surface area contributed by atoms with Gasteiger partial charge in [-0.1, -0.05) is 60.7 Å². The summed E-state index contributed by atoms with van der Waals surface area (Å²) in [7, 11) is 1.54. The lowest BCUT2D eigenvalue weighted by atomic mass is 9.85. The molecule has 0 spiro atoms. The van der Waals surface area contributed by atoms with Crippen molar-refractivity contribution in [1.29, 1.82) is 0 Å². The van der Waals surface area contributed by atoms with E-state index in [1.54, 1.807) is 86.0 Å². The van der Waals surface area contributed by atoms with Crippen molar-refractivity contribution < 1.29 is 19.1 Å². The fraction of sp³-hybridized carbons (Fsp3) is 0.125. The second-order valence-corrected chi connectivity index (χ2v) is 6.37. The monoisotopic (exact) mass is 372 g/mol. The van der Waals surface area contributed by atoms with Crippen LogP contribution in [0, 0.1) is 0 Å². The van der Waals surface area contributed by atoms with Crippen molar-refractivity contribution in [2.24, 2.45) is 0 Å². The summed E-state index contributed by atoms with van der Waals surface area (Å²) in [5.41, 5.74) is 1.43. The topological polar surface area (TPSA) is 60.4 Å². The zero-order valence-corrected chi connectivity index (χ0v) is 15.5. The van der Waals surface area contributed by atoms with Crippen molar-refractivity contribution in [3.05, 3.63) is 102 Å². The molecule has 4 heteroatoms. The third kappa shape index (κ3) is 4.41. The predicted molar refractivity (Wildman–Crippen MR) is 107 cm³/mol. The van der Waals surface area contributed by atoms with Gasteiger partial charge in [0.25, 0.3) is 0 Å². The Bertz CT molecular complexity index is 961. The largest absolute Gasteiger partial charge is 0.497 e. The van der Waals surface area contributed by atoms with E-state index in [1.807, 2.05) is 6.07 Å². The van der Waals surface area contributed by atoms with Gasteiger partial charge in [-0.3, -0.25) is 14.4 Å². The standard InChI is InChI=1S/C24H20O4/c1-28-20-14-12-19(13-15-20)24(27)23(18-10-6-3-7-11-18)22(26)16-21(25)17-8-4-2-5-9-17/h2-15,23H,16H2,1H3. The molecule has 0 heterocycles. The number of rotatable bonds is 8. The van der Waals surface area contributed by atoms with Crippen molar-refractivity contribution in [2.75, 3.05) is 7.11 Å². The average molecular weight is 372 g/mol. The lowest BCUT2D eigenvalue weighted by Gasteiger charge is -2.15. The van der Waals surface area contributed by atoms with E-state index in [-0.39, 0.29) is 18.0 Å². The van der Waals surface area contributed by atoms with Gasteiger partial charge in [0.15, 0.2) is 17.3 Å². The van der Waals surface area contributed by atoms with Crippen molar-refractivity contribution >= 4 is 17.3 Å². The summed E-state index contributed by atoms with van der Waals surface area (Å²) < 4.78 is 5.12. The van der Waals surface area contributed by atoms with Crippen molar-refractivity contribution in [2.45, 2.75) is 12.3 Å². The molecule has 3 aromatic carbocycles. The Morgan fingerprint density at radius 2 is 1.32 bits per heavy atom. The van der Waals surface area contributed by atoms with Crippen LogP contribution in [0.25, 0.3) is 0 Å². The molecule has 0 N–H and O–H groups in total. The van der Waals surface area contributed by atoms with Gasteiger partial charge in [0.1, 0.15) is 11.7 Å². The third-order valence-corrected chi connectivity index (χ3v) is 4.52. The fourth-order valence-electron chi connectivity index (χ4n) is 3.04. The van der Waals surface area contributed by atoms with E-state index < -0.39 is 11.7 Å². The highest BCUT2D eigenvalue weighted by Gasteiger charge is 2.30. The van der Waals surface area contributed by atoms with E-state index in [4.69, 9.17) is 4.74 Å². The van der Waals surface area contributed by atoms with Crippen LogP contribution in [-0.2, 0) is 4.79 Å². The molecule has 1 atom stereocenters. The van der Waals surface area contributed by atoms with Crippen LogP contribution in [0.5, 0.6) is 5.75 Å². The summed E-state index contributed by atoms with van der Waals surface area (Å²) in [5.74, 6) is -1.45. The Morgan fingerprint density at radius 1 is 0.750 bits per heavy atom. The first kappa shape index (κ1) is 19.2. The molecule has 0 aromatic heterocycles. The van der Waals surface area contributed by atoms with Crippen LogP contribution in [0.3, 0.4) is 0 Å². The Balaban J connectivity index is 1.89. The average Bonchev–Trinajstić information content (AvgIpc) is 2.75. The smallest absolute Gasteiger partial charge is 0.177 e. The van der Waals surface area contributed by atoms with Gasteiger partial charge in [0, 0.05) is 11.1 Å². The minimum absolute atomic E-state index is 0.297. The van der Waals surface area contributed by atoms with Crippen LogP contribution < -0.4 is 4.74 Å². The van der Waals surface area contributed by atoms with E-state index in [9.17, 15) is 14.4 Å². The molecule has 0 aliphatic carbocycles. The number of ketones is 3. The molecule has 0 saturated heterocycles. The number of carbonyl (C=O) groups is 3. The molecule has 1 unspecified atom stereocenters. The second kappa shape index (κ2) is 8.91. The number of hydrogen-bond donors (Lipinski definition) is 0. The second-order valence-electron chi connectivity index (χ2n) is 6.37. The summed E-state index contributed by atoms with van der Waals surface area (Å²) in [6.07, 6.45) is -0.328. The number of hydrogen-bond acceptors (Lipinski definition) is 4. The Labute approximate surface area is 163 Å². The van der Waals surface area contributed by atoms with Gasteiger partial charge >= 0.3 is 0 Å². The number of Topliss-reactive ketones (excluding diaryl/α,β-unsaturated/α-hetero) is 3. The molecule has 0 amide bonds. The molecular formula is C24H20O4. The van der Waals surface area contributed by atoms with Crippen molar-refractivity contribution in [1.82, 2.24) is 0 Å². The summed E-state index contributed by atoms with van der Waals surface area (Å²) in [6.45, 7) is 0. The van der Waals surface area contributed by atoms with Gasteiger partial charge in [-0.2, -0.15) is 0 Å². The quantitative estimate of drug-likeness (QED) is 0.431. The number of ether oxygens (including phenoxy) is 1. The number of methoxy groups -OCH3 is 1. The van der Waals surface area contributed by atoms with Gasteiger partial charge in [-0.25, -0.2) is 0 Å². The predicted octanol–water partition coefficient (Wildman–Crippen LogP) is 4.50. The lowest BCUT2D eigenvalue weighted by Crippen LogP contribution is -2.24. The molecular weight excluding hydrogens is 352 g/mol. The fourth-order valence-corrected chi connectivity index (χ4v) is 3.04. The summed E-state index contributed by atoms with van der Waals surface area (Å²) in [4.78, 5) is 38.6. The first-order valence-corrected chi connectivity index (χ1v) is 8.94. The van der Waals surface area contributed by atoms with Crippen LogP contribution in [0.1, 0.15) is 38.6 Å². The van der Waals surface area contributed by atoms with Crippen LogP contribution >= 0.6 is 0 Å². The highest BCUT2D eigenvalue weighted by atomic mass is 16.5. The first-order chi connectivity index (χ1) is 13.6. The molecule has 4 nitrogen and oxygen atoms in total. The maximum absolute atomic E-state index is 13.1. The molecule has 0 bridgehead atoms. The highest BCUT2D eigenvalue weighted by molar-refractivity contribution is 6.20. The molecule has 0 aliphatic rings. The normalized spacial score (nSPS) is 11.5. The maximum atomic E-state index is 13.1. The summed E-state index contributed by atoms with van der Waals surface area (Å²) in [6, 6.07) is 24.1. The Hall–Kier alpha value is -3.53. The van der Waals surface area contributed by atoms with E-state index in [1.165, 1.54) is 0 Å². The van der Waals surface area contributed by atoms with Crippen LogP contribution in [0.15, 0.2) is 84.9 Å². The van der Waals surface area contributed by atoms with Gasteiger partial charge in [0.05, 0.1) is 13.5 Å². The SMILES string of the molecule is COc1ccc(C(=O)C(C(=O)CC(=O)c2ccccc2)c2ccccc2)cc1. The lowest BCUT2D eigenvalue weighted by molar-refractivity contribution is -0.118. The van der Waals surface area contributed by atoms with Crippen molar-refractivity contribution in [3.8, 4) is 5.75 Å². The molecule has 28 heavy (non-hydrogen) atoms. The molecule has 0 aliphatic heterocycles. The van der Waals surface area contributed by atoms with Gasteiger partial charge < -0.3 is 4.74 Å².